The molecule has 672 valence electrons. The third-order valence-electron chi connectivity index (χ3n) is 29.8. The fraction of sp³-hybridized carbons (Fsp3) is 0.250. The minimum atomic E-state index is 0.517. The van der Waals surface area contributed by atoms with Crippen LogP contribution in [0.3, 0.4) is 0 Å². The Balaban J connectivity index is 0.000000109. The molecule has 4 aliphatic rings. The van der Waals surface area contributed by atoms with Crippen LogP contribution in [0.25, 0.3) is 176 Å². The molecule has 4 saturated carbocycles. The van der Waals surface area contributed by atoms with Crippen molar-refractivity contribution in [2.75, 3.05) is 0 Å². The van der Waals surface area contributed by atoms with E-state index in [1.165, 1.54) is 234 Å². The third-order valence-corrected chi connectivity index (χ3v) is 29.8. The van der Waals surface area contributed by atoms with E-state index in [-0.39, 0.29) is 0 Å². The van der Waals surface area contributed by atoms with Gasteiger partial charge in [-0.15, -0.1) is 0 Å². The summed E-state index contributed by atoms with van der Waals surface area (Å²) < 4.78 is 0. The van der Waals surface area contributed by atoms with Crippen molar-refractivity contribution in [3.8, 4) is 89.0 Å². The van der Waals surface area contributed by atoms with Crippen molar-refractivity contribution < 1.29 is 0 Å². The van der Waals surface area contributed by atoms with Crippen molar-refractivity contribution in [1.82, 2.24) is 39.9 Å². The average Bonchev–Trinajstić information content (AvgIpc) is 0.878. The van der Waals surface area contributed by atoms with Gasteiger partial charge in [-0.25, -0.2) is 0 Å². The van der Waals surface area contributed by atoms with Crippen LogP contribution >= 0.6 is 0 Å². The molecule has 0 aliphatic heterocycles. The van der Waals surface area contributed by atoms with E-state index in [0.717, 1.165) is 116 Å². The Bertz CT molecular complexity index is 7220. The van der Waals surface area contributed by atoms with E-state index in [2.05, 4.69) is 369 Å². The largest absolute Gasteiger partial charge is 0.251 e. The molecule has 4 fully saturated rings. The minimum absolute atomic E-state index is 0.517. The Morgan fingerprint density at radius 2 is 0.426 bits per heavy atom. The van der Waals surface area contributed by atoms with Gasteiger partial charge >= 0.3 is 0 Å². The Morgan fingerprint density at radius 1 is 0.213 bits per heavy atom. The second-order valence-corrected chi connectivity index (χ2v) is 38.9. The number of hydrogen-bond donors (Lipinski definition) is 0. The molecule has 0 bridgehead atoms. The van der Waals surface area contributed by atoms with Gasteiger partial charge in [0, 0.05) is 112 Å². The molecule has 4 aliphatic carbocycles. The summed E-state index contributed by atoms with van der Waals surface area (Å²) in [6, 6.07) is 122. The first kappa shape index (κ1) is 88.5. The van der Waals surface area contributed by atoms with Crippen molar-refractivity contribution in [3.63, 3.8) is 0 Å². The van der Waals surface area contributed by atoms with Crippen molar-refractivity contribution in [3.05, 3.63) is 385 Å². The van der Waals surface area contributed by atoms with Gasteiger partial charge in [0.1, 0.15) is 0 Å². The quantitative estimate of drug-likeness (QED) is 0.0783. The van der Waals surface area contributed by atoms with Gasteiger partial charge in [0.25, 0.3) is 0 Å². The van der Waals surface area contributed by atoms with E-state index in [0.29, 0.717) is 35.5 Å². The summed E-state index contributed by atoms with van der Waals surface area (Å²) in [6.45, 7) is 13.4. The van der Waals surface area contributed by atoms with Crippen LogP contribution in [-0.2, 0) is 12.8 Å². The Morgan fingerprint density at radius 3 is 0.662 bits per heavy atom. The van der Waals surface area contributed by atoms with Crippen molar-refractivity contribution >= 4 is 87.2 Å². The van der Waals surface area contributed by atoms with E-state index < -0.39 is 0 Å². The summed E-state index contributed by atoms with van der Waals surface area (Å²) in [7, 11) is 0. The Kier molecular flexibility index (Phi) is 26.2. The molecule has 24 rings (SSSR count). The molecule has 8 nitrogen and oxygen atoms in total. The number of rotatable bonds is 18. The van der Waals surface area contributed by atoms with E-state index in [4.69, 9.17) is 39.9 Å². The summed E-state index contributed by atoms with van der Waals surface area (Å²) in [6.07, 6.45) is 24.4. The van der Waals surface area contributed by atoms with Crippen LogP contribution in [0.1, 0.15) is 212 Å². The van der Waals surface area contributed by atoms with Gasteiger partial charge in [-0.2, -0.15) is 0 Å². The Labute approximate surface area is 801 Å². The van der Waals surface area contributed by atoms with Gasteiger partial charge in [-0.05, 0) is 227 Å². The lowest BCUT2D eigenvalue weighted by Crippen LogP contribution is -2.07. The molecule has 4 atom stereocenters. The highest BCUT2D eigenvalue weighted by Gasteiger charge is 2.32. The van der Waals surface area contributed by atoms with Crippen molar-refractivity contribution in [2.24, 2.45) is 11.8 Å². The van der Waals surface area contributed by atoms with Crippen LogP contribution in [0, 0.1) is 25.7 Å². The average molecular weight is 1770 g/mol. The Hall–Kier alpha value is -14.1. The van der Waals surface area contributed by atoms with Crippen molar-refractivity contribution in [2.45, 2.75) is 194 Å². The van der Waals surface area contributed by atoms with E-state index >= 15 is 0 Å². The maximum atomic E-state index is 5.48. The summed E-state index contributed by atoms with van der Waals surface area (Å²) in [5.41, 5.74) is 37.6. The zero-order valence-electron chi connectivity index (χ0n) is 79.5. The fourth-order valence-electron chi connectivity index (χ4n) is 22.6. The maximum Gasteiger partial charge on any atom is 0.0974 e. The lowest BCUT2D eigenvalue weighted by atomic mass is 9.88. The predicted molar refractivity (Wildman–Crippen MR) is 572 cm³/mol. The molecule has 8 heterocycles. The SMILES string of the molecule is CC1CCCC1c1cc(-c2ccccc2)c2ccc3c(-c4ccccc4)cc(C4CCCC4C)nc3c2n1.CCCCc1cc(-c2ccccc2)c2ccc3c(-c4ccccc4)cc(CCCC)nc3c2n1.Cc1cc(-c2ccccc2)c2ccc3c(-c4ccccc4)cc(C)nc3c2n1.c1ccc(-c2cc(C3CCCC3)nc3c2ccc2c(-c4ccccc4)cc(C4CCCC4)nc23)cc1. The van der Waals surface area contributed by atoms with E-state index in [1.807, 2.05) is 12.1 Å². The molecular formula is C128H120N8. The maximum absolute atomic E-state index is 5.48. The molecule has 136 heavy (non-hydrogen) atoms. The molecule has 0 radical (unpaired) electrons. The normalized spacial score (nSPS) is 16.2. The number of hydrogen-bond acceptors (Lipinski definition) is 8. The molecule has 0 saturated heterocycles. The molecule has 4 unspecified atom stereocenters. The first-order chi connectivity index (χ1) is 67.0. The first-order valence-electron chi connectivity index (χ1n) is 50.5. The lowest BCUT2D eigenvalue weighted by Gasteiger charge is -2.21. The summed E-state index contributed by atoms with van der Waals surface area (Å²) in [5.74, 6) is 3.48. The zero-order valence-corrected chi connectivity index (χ0v) is 79.5. The van der Waals surface area contributed by atoms with Gasteiger partial charge < -0.3 is 0 Å². The minimum Gasteiger partial charge on any atom is -0.251 e. The zero-order chi connectivity index (χ0) is 92.0. The number of aromatic nitrogens is 8. The number of fused-ring (bicyclic) bond motifs is 12. The highest BCUT2D eigenvalue weighted by molar-refractivity contribution is 6.16. The number of benzene rings is 12. The van der Waals surface area contributed by atoms with E-state index in [1.54, 1.807) is 0 Å². The summed E-state index contributed by atoms with van der Waals surface area (Å²) >= 11 is 0. The summed E-state index contributed by atoms with van der Waals surface area (Å²) in [4.78, 5) is 42.0. The third kappa shape index (κ3) is 18.4. The van der Waals surface area contributed by atoms with Gasteiger partial charge in [0.15, 0.2) is 0 Å². The standard InChI is InChI=1S/C36H36N2.C34H32N2.C32H32N2.C26H20N2/c1-23-11-9-17-27(23)33-21-31(25-13-5-3-6-14-25)29-19-20-30-32(26-15-7-4-8-16-26)22-34(28-18-10-12-24(28)2)38-36(30)35(29)37-33;1-3-11-23(12-4-1)29-21-31(25-15-7-8-16-25)35-33-27(29)19-20-28-30(24-13-5-2-6-14-24)22-32(36-34(28)33)26-17-9-10-18-26;1-3-5-17-25-21-29(23-13-9-7-10-14-23)27-19-20-28-30(24-15-11-8-12-16-24)22-26(18-6-4-2)34-32(28)31(27)33-25;1-17-15-23(19-9-5-3-6-10-19)21-13-14-22-24(20-11-7-4-8-12-20)16-18(2)28-26(22)25(21)27-17/h3-8,13-16,19-24,27-28H,9-12,17-18H2,1-2H3;1-6,11-14,19-22,25-26H,7-10,15-18H2;7-16,19-22H,3-6,17-18H2,1-2H3;3-16H,1-2H3. The van der Waals surface area contributed by atoms with Gasteiger partial charge in [-0.1, -0.05) is 383 Å². The smallest absolute Gasteiger partial charge is 0.0974 e. The molecule has 0 N–H and O–H groups in total. The molecule has 0 spiro atoms. The molecule has 20 aromatic rings. The van der Waals surface area contributed by atoms with Crippen LogP contribution in [0.4, 0.5) is 0 Å². The van der Waals surface area contributed by atoms with Gasteiger partial charge in [0.2, 0.25) is 0 Å². The molecule has 0 amide bonds. The van der Waals surface area contributed by atoms with Crippen LogP contribution in [0.2, 0.25) is 0 Å². The van der Waals surface area contributed by atoms with Gasteiger partial charge in [0.05, 0.1) is 44.1 Å². The first-order valence-corrected chi connectivity index (χ1v) is 50.5. The number of pyridine rings is 8. The second kappa shape index (κ2) is 40.2. The van der Waals surface area contributed by atoms with Gasteiger partial charge in [-0.3, -0.25) is 39.9 Å². The highest BCUT2D eigenvalue weighted by atomic mass is 14.8. The van der Waals surface area contributed by atoms with Crippen LogP contribution in [-0.4, -0.2) is 39.9 Å². The van der Waals surface area contributed by atoms with Crippen LogP contribution in [0.15, 0.2) is 340 Å². The number of aryl methyl sites for hydroxylation is 4. The molecular weight excluding hydrogens is 1650 g/mol. The highest BCUT2D eigenvalue weighted by Crippen LogP contribution is 2.49. The molecule has 8 heteroatoms. The number of nitrogens with zero attached hydrogens (tertiary/aromatic N) is 8. The summed E-state index contributed by atoms with van der Waals surface area (Å²) in [5, 5.41) is 9.48. The lowest BCUT2D eigenvalue weighted by molar-refractivity contribution is 0.523. The monoisotopic (exact) mass is 1770 g/mol. The second-order valence-electron chi connectivity index (χ2n) is 38.9. The van der Waals surface area contributed by atoms with E-state index in [9.17, 15) is 0 Å². The van der Waals surface area contributed by atoms with Crippen LogP contribution in [0.5, 0.6) is 0 Å². The van der Waals surface area contributed by atoms with Crippen LogP contribution < -0.4 is 0 Å². The molecule has 12 aromatic carbocycles. The predicted octanol–water partition coefficient (Wildman–Crippen LogP) is 34.9. The topological polar surface area (TPSA) is 103 Å². The fourth-order valence-corrected chi connectivity index (χ4v) is 22.6. The van der Waals surface area contributed by atoms with Crippen molar-refractivity contribution in [1.29, 1.82) is 0 Å². The molecule has 8 aromatic heterocycles. The number of unbranched alkanes of at least 4 members (excludes halogenated alkanes) is 2.